The quantitative estimate of drug-likeness (QED) is 0.136. The number of likely N-dealkylation sites (N-methyl/N-ethyl adjacent to an activating group) is 4. The van der Waals surface area contributed by atoms with Crippen molar-refractivity contribution in [2.24, 2.45) is 11.8 Å². The van der Waals surface area contributed by atoms with Crippen LogP contribution in [0.5, 0.6) is 0 Å². The van der Waals surface area contributed by atoms with Gasteiger partial charge in [0, 0.05) is 33.6 Å². The standard InChI is InChI=1S/C57H70N12O12/c1-31-52(74)66(3)43-25-15-16-26-44(54(76)68(5)46(33-17-7-8-18-33)56(78)80-29-41(49(71)60-31)64-48(70)40-28-59-38-23-13-14-24-39(38)62-40)67(4)53(75)32(2)61-50(72)42(30-81-57(79)47(69(6)55(43)77)34-19-9-10-20-34)65-51(73)45-36(58)27-35-21-11-12-22-37(35)63-45/h11-16,21-24,27-28,31-34,41-44,46-47H,7-10,17-20,25-26,29-30,58H2,1-6H3,(H,60,71)(H,61,72)(H,64,70)(H,65,73)/b16-15-/t31-,32-,41+,42+,43-,44-,46-,47-/m0/s1. The van der Waals surface area contributed by atoms with Gasteiger partial charge in [0.1, 0.15) is 67.2 Å². The van der Waals surface area contributed by atoms with E-state index >= 15 is 9.59 Å². The van der Waals surface area contributed by atoms with Crippen molar-refractivity contribution in [2.45, 2.75) is 126 Å². The van der Waals surface area contributed by atoms with Gasteiger partial charge in [-0.3, -0.25) is 43.3 Å². The number of ether oxygens (including phenoxy) is 2. The van der Waals surface area contributed by atoms with E-state index < -0.39 is 133 Å². The van der Waals surface area contributed by atoms with E-state index in [0.717, 1.165) is 35.5 Å². The molecule has 8 rings (SSSR count). The minimum absolute atomic E-state index is 0.0123. The Hall–Kier alpha value is -8.57. The van der Waals surface area contributed by atoms with Gasteiger partial charge >= 0.3 is 11.9 Å². The molecule has 430 valence electrons. The molecule has 2 aromatic heterocycles. The van der Waals surface area contributed by atoms with Crippen LogP contribution in [-0.4, -0.2) is 183 Å². The second-order valence-electron chi connectivity index (χ2n) is 21.4. The molecule has 8 amide bonds. The number of nitrogens with zero attached hydrogens (tertiary/aromatic N) is 7. The lowest BCUT2D eigenvalue weighted by molar-refractivity contribution is -0.161. The summed E-state index contributed by atoms with van der Waals surface area (Å²) in [5, 5.41) is 11.0. The molecule has 2 saturated carbocycles. The van der Waals surface area contributed by atoms with E-state index in [1.165, 1.54) is 58.0 Å². The number of nitrogens with one attached hydrogen (secondary N) is 4. The molecule has 6 N–H and O–H groups in total. The Morgan fingerprint density at radius 2 is 1.02 bits per heavy atom. The molecule has 2 aliphatic carbocycles. The first-order chi connectivity index (χ1) is 38.7. The number of hydrogen-bond donors (Lipinski definition) is 5. The third-order valence-electron chi connectivity index (χ3n) is 15.9. The van der Waals surface area contributed by atoms with Crippen LogP contribution >= 0.6 is 0 Å². The van der Waals surface area contributed by atoms with Gasteiger partial charge in [-0.2, -0.15) is 0 Å². The SMILES string of the molecule is C[C@@H]1NC(=O)[C@H](NC(=O)c2cnc3ccccc3n2)COC(=O)[C@H](C2CCCC2)N(C)C(=O)[C@@H]2C/C=C\C[C@@H](C(=O)N(C)[C@@H](C3CCCC3)C(=O)OC[C@@H](NC(=O)c3nc4ccccc4cc3N)C(=O)N[C@@H](C)C(=O)N2C)N(C)C1=O. The van der Waals surface area contributed by atoms with Crippen molar-refractivity contribution in [3.05, 3.63) is 84.3 Å². The number of esters is 2. The lowest BCUT2D eigenvalue weighted by atomic mass is 9.95. The Morgan fingerprint density at radius 3 is 1.52 bits per heavy atom. The minimum Gasteiger partial charge on any atom is -0.461 e. The van der Waals surface area contributed by atoms with Crippen LogP contribution in [0.3, 0.4) is 0 Å². The van der Waals surface area contributed by atoms with Crippen molar-refractivity contribution in [3.63, 3.8) is 0 Å². The van der Waals surface area contributed by atoms with Gasteiger partial charge in [-0.1, -0.05) is 68.2 Å². The number of cyclic esters (lactones) is 2. The van der Waals surface area contributed by atoms with Gasteiger partial charge in [0.25, 0.3) is 11.8 Å². The van der Waals surface area contributed by atoms with E-state index in [0.29, 0.717) is 47.6 Å². The Kier molecular flexibility index (Phi) is 18.6. The Balaban J connectivity index is 1.18. The zero-order chi connectivity index (χ0) is 58.2. The van der Waals surface area contributed by atoms with Crippen molar-refractivity contribution in [1.29, 1.82) is 0 Å². The summed E-state index contributed by atoms with van der Waals surface area (Å²) >= 11 is 0. The van der Waals surface area contributed by atoms with E-state index in [1.807, 2.05) is 0 Å². The summed E-state index contributed by atoms with van der Waals surface area (Å²) in [5.41, 5.74) is 7.22. The number of amides is 8. The molecule has 81 heavy (non-hydrogen) atoms. The first-order valence-electron chi connectivity index (χ1n) is 27.4. The number of nitrogens with two attached hydrogens (primary N) is 1. The van der Waals surface area contributed by atoms with Crippen LogP contribution in [0.25, 0.3) is 21.9 Å². The van der Waals surface area contributed by atoms with Crippen LogP contribution in [0, 0.1) is 11.8 Å². The maximum atomic E-state index is 15.2. The molecule has 8 atom stereocenters. The van der Waals surface area contributed by atoms with E-state index in [4.69, 9.17) is 15.2 Å². The van der Waals surface area contributed by atoms with Gasteiger partial charge in [0.15, 0.2) is 5.69 Å². The number of carbonyl (C=O) groups is 10. The van der Waals surface area contributed by atoms with Crippen molar-refractivity contribution < 1.29 is 57.4 Å². The zero-order valence-corrected chi connectivity index (χ0v) is 46.3. The molecular weight excluding hydrogens is 1040 g/mol. The third-order valence-corrected chi connectivity index (χ3v) is 15.9. The molecule has 2 bridgehead atoms. The first-order valence-corrected chi connectivity index (χ1v) is 27.4. The monoisotopic (exact) mass is 1110 g/mol. The number of anilines is 1. The fourth-order valence-electron chi connectivity index (χ4n) is 11.3. The minimum atomic E-state index is -1.67. The summed E-state index contributed by atoms with van der Waals surface area (Å²) in [4.78, 5) is 163. The molecule has 4 aliphatic rings. The average Bonchev–Trinajstić information content (AvgIpc) is 4.22. The predicted molar refractivity (Wildman–Crippen MR) is 294 cm³/mol. The topological polar surface area (TPSA) is 315 Å². The normalized spacial score (nSPS) is 26.4. The lowest BCUT2D eigenvalue weighted by Crippen LogP contribution is -2.60. The second-order valence-corrected chi connectivity index (χ2v) is 21.4. The highest BCUT2D eigenvalue weighted by Gasteiger charge is 2.44. The van der Waals surface area contributed by atoms with Gasteiger partial charge in [-0.15, -0.1) is 0 Å². The summed E-state index contributed by atoms with van der Waals surface area (Å²) in [7, 11) is 5.52. The second kappa shape index (κ2) is 25.7. The van der Waals surface area contributed by atoms with Crippen molar-refractivity contribution in [2.75, 3.05) is 47.1 Å². The van der Waals surface area contributed by atoms with E-state index in [9.17, 15) is 38.4 Å². The number of pyridine rings is 1. The maximum absolute atomic E-state index is 15.2. The summed E-state index contributed by atoms with van der Waals surface area (Å²) in [6.45, 7) is 1.21. The highest BCUT2D eigenvalue weighted by molar-refractivity contribution is 6.03. The van der Waals surface area contributed by atoms with Gasteiger partial charge < -0.3 is 56.1 Å². The molecule has 2 aliphatic heterocycles. The molecule has 2 fully saturated rings. The van der Waals surface area contributed by atoms with Crippen molar-refractivity contribution in [1.82, 2.24) is 55.8 Å². The summed E-state index contributed by atoms with van der Waals surface area (Å²) in [5.74, 6) is -9.28. The largest absolute Gasteiger partial charge is 0.461 e. The average molecular weight is 1120 g/mol. The lowest BCUT2D eigenvalue weighted by Gasteiger charge is -2.37. The number of aromatic nitrogens is 3. The van der Waals surface area contributed by atoms with Crippen LogP contribution in [0.2, 0.25) is 0 Å². The molecule has 2 aromatic carbocycles. The third kappa shape index (κ3) is 13.2. The first kappa shape index (κ1) is 58.6. The number of hydrogen-bond acceptors (Lipinski definition) is 16. The Morgan fingerprint density at radius 1 is 0.580 bits per heavy atom. The Labute approximate surface area is 468 Å². The van der Waals surface area contributed by atoms with E-state index in [2.05, 4.69) is 36.2 Å². The molecule has 0 unspecified atom stereocenters. The van der Waals surface area contributed by atoms with Gasteiger partial charge in [0.05, 0.1) is 28.4 Å². The maximum Gasteiger partial charge on any atom is 0.329 e. The van der Waals surface area contributed by atoms with Gasteiger partial charge in [-0.05, 0) is 88.5 Å². The van der Waals surface area contributed by atoms with Crippen LogP contribution < -0.4 is 27.0 Å². The summed E-state index contributed by atoms with van der Waals surface area (Å²) in [6.07, 6.45) is 8.98. The number of rotatable bonds is 6. The van der Waals surface area contributed by atoms with Crippen molar-refractivity contribution >= 4 is 86.8 Å². The highest BCUT2D eigenvalue weighted by Crippen LogP contribution is 2.33. The zero-order valence-electron chi connectivity index (χ0n) is 46.3. The molecule has 4 heterocycles. The number of benzene rings is 2. The van der Waals surface area contributed by atoms with Crippen LogP contribution in [0.1, 0.15) is 99.0 Å². The summed E-state index contributed by atoms with van der Waals surface area (Å²) in [6, 6.07) is 3.98. The predicted octanol–water partition coefficient (Wildman–Crippen LogP) is 1.81. The molecule has 0 radical (unpaired) electrons. The van der Waals surface area contributed by atoms with Gasteiger partial charge in [-0.25, -0.2) is 19.6 Å². The molecule has 0 saturated heterocycles. The molecular formula is C57H70N12O12. The smallest absolute Gasteiger partial charge is 0.329 e. The van der Waals surface area contributed by atoms with Crippen LogP contribution in [0.4, 0.5) is 5.69 Å². The van der Waals surface area contributed by atoms with Crippen molar-refractivity contribution in [3.8, 4) is 0 Å². The number of fused-ring (bicyclic) bond motifs is 6. The Bertz CT molecular complexity index is 3120. The molecule has 24 nitrogen and oxygen atoms in total. The van der Waals surface area contributed by atoms with E-state index in [-0.39, 0.29) is 29.9 Å². The van der Waals surface area contributed by atoms with E-state index in [1.54, 1.807) is 66.7 Å². The molecule has 24 heteroatoms. The molecule has 0 spiro atoms. The summed E-state index contributed by atoms with van der Waals surface area (Å²) < 4.78 is 11.8. The number of para-hydroxylation sites is 3. The fourth-order valence-corrected chi connectivity index (χ4v) is 11.3. The number of nitrogen functional groups attached to an aromatic ring is 1. The fraction of sp³-hybridized carbons (Fsp3) is 0.491. The highest BCUT2D eigenvalue weighted by atomic mass is 16.5. The van der Waals surface area contributed by atoms with Crippen LogP contribution in [0.15, 0.2) is 72.9 Å². The van der Waals surface area contributed by atoms with Gasteiger partial charge in [0.2, 0.25) is 35.4 Å². The molecule has 4 aromatic rings. The van der Waals surface area contributed by atoms with Crippen LogP contribution in [-0.2, 0) is 47.8 Å². The number of carbonyl (C=O) groups excluding carboxylic acids is 10.